The SMILES string of the molecule is Cc1nc2ccsc2c2c1ncn2C. The Labute approximate surface area is 85.0 Å². The Morgan fingerprint density at radius 1 is 1.43 bits per heavy atom. The zero-order valence-corrected chi connectivity index (χ0v) is 8.80. The lowest BCUT2D eigenvalue weighted by Gasteiger charge is -1.98. The van der Waals surface area contributed by atoms with Crippen molar-refractivity contribution in [2.75, 3.05) is 0 Å². The molecule has 14 heavy (non-hydrogen) atoms. The minimum absolute atomic E-state index is 1.01. The van der Waals surface area contributed by atoms with E-state index in [-0.39, 0.29) is 0 Å². The van der Waals surface area contributed by atoms with Crippen molar-refractivity contribution in [3.63, 3.8) is 0 Å². The van der Waals surface area contributed by atoms with E-state index in [2.05, 4.69) is 26.0 Å². The molecule has 0 atom stereocenters. The molecule has 0 saturated heterocycles. The predicted molar refractivity (Wildman–Crippen MR) is 58.6 cm³/mol. The lowest BCUT2D eigenvalue weighted by atomic mass is 10.3. The lowest BCUT2D eigenvalue weighted by Crippen LogP contribution is -1.87. The maximum Gasteiger partial charge on any atom is 0.111 e. The number of aryl methyl sites for hydroxylation is 2. The van der Waals surface area contributed by atoms with Crippen LogP contribution in [0.4, 0.5) is 0 Å². The second-order valence-corrected chi connectivity index (χ2v) is 4.30. The highest BCUT2D eigenvalue weighted by molar-refractivity contribution is 7.18. The molecule has 3 aromatic rings. The topological polar surface area (TPSA) is 30.7 Å². The molecule has 3 heterocycles. The van der Waals surface area contributed by atoms with Gasteiger partial charge in [-0.15, -0.1) is 11.3 Å². The van der Waals surface area contributed by atoms with Gasteiger partial charge in [-0.05, 0) is 18.4 Å². The minimum atomic E-state index is 1.01. The van der Waals surface area contributed by atoms with Gasteiger partial charge >= 0.3 is 0 Å². The monoisotopic (exact) mass is 203 g/mol. The Hall–Kier alpha value is -1.42. The van der Waals surface area contributed by atoms with Gasteiger partial charge in [-0.2, -0.15) is 0 Å². The summed E-state index contributed by atoms with van der Waals surface area (Å²) in [5.41, 5.74) is 4.29. The van der Waals surface area contributed by atoms with E-state index in [0.29, 0.717) is 0 Å². The van der Waals surface area contributed by atoms with Crippen molar-refractivity contribution in [2.45, 2.75) is 6.92 Å². The zero-order chi connectivity index (χ0) is 9.71. The summed E-state index contributed by atoms with van der Waals surface area (Å²) in [6.45, 7) is 2.01. The Bertz CT molecular complexity index is 621. The molecule has 0 aromatic carbocycles. The molecule has 0 spiro atoms. The van der Waals surface area contributed by atoms with Crippen LogP contribution in [0, 0.1) is 6.92 Å². The van der Waals surface area contributed by atoms with Gasteiger partial charge in [-0.3, -0.25) is 0 Å². The molecule has 70 valence electrons. The van der Waals surface area contributed by atoms with Gasteiger partial charge in [0.05, 0.1) is 27.8 Å². The van der Waals surface area contributed by atoms with Crippen LogP contribution in [0.2, 0.25) is 0 Å². The molecule has 0 aliphatic rings. The van der Waals surface area contributed by atoms with Crippen LogP contribution in [0.5, 0.6) is 0 Å². The summed E-state index contributed by atoms with van der Waals surface area (Å²) < 4.78 is 3.29. The molecular formula is C10H9N3S. The first-order chi connectivity index (χ1) is 6.77. The van der Waals surface area contributed by atoms with E-state index in [1.165, 1.54) is 10.2 Å². The molecule has 0 unspecified atom stereocenters. The van der Waals surface area contributed by atoms with Crippen LogP contribution >= 0.6 is 11.3 Å². The Morgan fingerprint density at radius 3 is 3.14 bits per heavy atom. The first kappa shape index (κ1) is 7.94. The Morgan fingerprint density at radius 2 is 2.29 bits per heavy atom. The fraction of sp³-hybridized carbons (Fsp3) is 0.200. The molecule has 4 heteroatoms. The smallest absolute Gasteiger partial charge is 0.111 e. The van der Waals surface area contributed by atoms with Gasteiger partial charge in [0.25, 0.3) is 0 Å². The van der Waals surface area contributed by atoms with Gasteiger partial charge in [0.2, 0.25) is 0 Å². The first-order valence-electron chi connectivity index (χ1n) is 4.42. The third-order valence-corrected chi connectivity index (χ3v) is 3.34. The average molecular weight is 203 g/mol. The lowest BCUT2D eigenvalue weighted by molar-refractivity contribution is 0.951. The van der Waals surface area contributed by atoms with Crippen molar-refractivity contribution in [2.24, 2.45) is 7.05 Å². The standard InChI is InChI=1S/C10H9N3S/c1-6-8-9(13(2)5-11-8)10-7(12-6)3-4-14-10/h3-5H,1-2H3. The van der Waals surface area contributed by atoms with Crippen LogP contribution < -0.4 is 0 Å². The third kappa shape index (κ3) is 0.861. The van der Waals surface area contributed by atoms with Gasteiger partial charge in [0.15, 0.2) is 0 Å². The maximum atomic E-state index is 4.51. The number of imidazole rings is 1. The van der Waals surface area contributed by atoms with E-state index in [1.807, 2.05) is 20.3 Å². The fourth-order valence-electron chi connectivity index (χ4n) is 1.76. The Balaban J connectivity index is 2.70. The molecule has 0 fully saturated rings. The summed E-state index contributed by atoms with van der Waals surface area (Å²) in [7, 11) is 2.02. The first-order valence-corrected chi connectivity index (χ1v) is 5.30. The summed E-state index contributed by atoms with van der Waals surface area (Å²) in [5, 5.41) is 2.07. The van der Waals surface area contributed by atoms with E-state index in [1.54, 1.807) is 11.3 Å². The average Bonchev–Trinajstić information content (AvgIpc) is 2.71. The molecule has 0 bridgehead atoms. The number of thiophene rings is 1. The van der Waals surface area contributed by atoms with Gasteiger partial charge in [0.1, 0.15) is 5.52 Å². The van der Waals surface area contributed by atoms with Crippen molar-refractivity contribution in [3.8, 4) is 0 Å². The van der Waals surface area contributed by atoms with E-state index >= 15 is 0 Å². The summed E-state index contributed by atoms with van der Waals surface area (Å²) in [4.78, 5) is 8.87. The van der Waals surface area contributed by atoms with Crippen molar-refractivity contribution < 1.29 is 0 Å². The normalized spacial score (nSPS) is 11.6. The predicted octanol–water partition coefficient (Wildman–Crippen LogP) is 2.49. The minimum Gasteiger partial charge on any atom is -0.332 e. The fourth-order valence-corrected chi connectivity index (χ4v) is 2.68. The van der Waals surface area contributed by atoms with Crippen LogP contribution in [-0.2, 0) is 7.05 Å². The highest BCUT2D eigenvalue weighted by Gasteiger charge is 2.10. The van der Waals surface area contributed by atoms with Crippen molar-refractivity contribution in [3.05, 3.63) is 23.5 Å². The molecule has 3 aromatic heterocycles. The van der Waals surface area contributed by atoms with Gasteiger partial charge in [-0.1, -0.05) is 0 Å². The van der Waals surface area contributed by atoms with Crippen LogP contribution in [0.25, 0.3) is 21.3 Å². The highest BCUT2D eigenvalue weighted by atomic mass is 32.1. The third-order valence-electron chi connectivity index (χ3n) is 2.43. The maximum absolute atomic E-state index is 4.51. The van der Waals surface area contributed by atoms with Crippen molar-refractivity contribution in [1.29, 1.82) is 0 Å². The number of aromatic nitrogens is 3. The van der Waals surface area contributed by atoms with Crippen molar-refractivity contribution in [1.82, 2.24) is 14.5 Å². The van der Waals surface area contributed by atoms with E-state index in [9.17, 15) is 0 Å². The zero-order valence-electron chi connectivity index (χ0n) is 7.98. The van der Waals surface area contributed by atoms with Crippen molar-refractivity contribution >= 4 is 32.6 Å². The molecule has 3 nitrogen and oxygen atoms in total. The molecule has 0 amide bonds. The number of nitrogens with zero attached hydrogens (tertiary/aromatic N) is 3. The summed E-state index contributed by atoms with van der Waals surface area (Å²) in [6.07, 6.45) is 1.85. The largest absolute Gasteiger partial charge is 0.332 e. The van der Waals surface area contributed by atoms with E-state index in [0.717, 1.165) is 16.7 Å². The number of rotatable bonds is 0. The van der Waals surface area contributed by atoms with Crippen LogP contribution in [0.1, 0.15) is 5.69 Å². The van der Waals surface area contributed by atoms with Crippen LogP contribution in [0.3, 0.4) is 0 Å². The molecule has 3 rings (SSSR count). The summed E-state index contributed by atoms with van der Waals surface area (Å²) in [6, 6.07) is 2.06. The molecule has 0 aliphatic carbocycles. The van der Waals surface area contributed by atoms with Gasteiger partial charge in [0, 0.05) is 7.05 Å². The molecule has 0 aliphatic heterocycles. The van der Waals surface area contributed by atoms with Gasteiger partial charge < -0.3 is 4.57 Å². The van der Waals surface area contributed by atoms with E-state index in [4.69, 9.17) is 0 Å². The number of hydrogen-bond donors (Lipinski definition) is 0. The molecule has 0 radical (unpaired) electrons. The van der Waals surface area contributed by atoms with E-state index < -0.39 is 0 Å². The summed E-state index contributed by atoms with van der Waals surface area (Å²) >= 11 is 1.72. The second kappa shape index (κ2) is 2.54. The molecule has 0 N–H and O–H groups in total. The highest BCUT2D eigenvalue weighted by Crippen LogP contribution is 2.28. The number of fused-ring (bicyclic) bond motifs is 3. The van der Waals surface area contributed by atoms with Crippen LogP contribution in [0.15, 0.2) is 17.8 Å². The number of pyridine rings is 1. The Kier molecular flexibility index (Phi) is 1.44. The quantitative estimate of drug-likeness (QED) is 0.562. The summed E-state index contributed by atoms with van der Waals surface area (Å²) in [5.74, 6) is 0. The number of hydrogen-bond acceptors (Lipinski definition) is 3. The molecular weight excluding hydrogens is 194 g/mol. The second-order valence-electron chi connectivity index (χ2n) is 3.38. The van der Waals surface area contributed by atoms with Gasteiger partial charge in [-0.25, -0.2) is 9.97 Å². The molecule has 0 saturated carbocycles. The van der Waals surface area contributed by atoms with Crippen LogP contribution in [-0.4, -0.2) is 14.5 Å².